The Bertz CT molecular complexity index is 1140. The molecule has 0 spiro atoms. The topological polar surface area (TPSA) is 116 Å². The van der Waals surface area contributed by atoms with E-state index in [1.807, 2.05) is 30.3 Å². The Labute approximate surface area is 166 Å². The summed E-state index contributed by atoms with van der Waals surface area (Å²) in [5.41, 5.74) is 8.19. The van der Waals surface area contributed by atoms with Crippen molar-refractivity contribution in [3.63, 3.8) is 0 Å². The number of rotatable bonds is 7. The lowest BCUT2D eigenvalue weighted by atomic mass is 10.0. The smallest absolute Gasteiger partial charge is 0.299 e. The van der Waals surface area contributed by atoms with Crippen molar-refractivity contribution in [2.24, 2.45) is 5.73 Å². The Morgan fingerprint density at radius 3 is 2.83 bits per heavy atom. The van der Waals surface area contributed by atoms with Crippen LogP contribution in [0.25, 0.3) is 11.3 Å². The fourth-order valence-electron chi connectivity index (χ4n) is 2.99. The molecule has 2 aromatic carbocycles. The van der Waals surface area contributed by atoms with E-state index in [-0.39, 0.29) is 0 Å². The molecule has 0 bridgehead atoms. The highest BCUT2D eigenvalue weighted by Gasteiger charge is 2.13. The molecule has 29 heavy (non-hydrogen) atoms. The summed E-state index contributed by atoms with van der Waals surface area (Å²) in [6.45, 7) is 0. The number of carbonyl (C=O) groups is 1. The number of methoxy groups -OCH3 is 1. The van der Waals surface area contributed by atoms with Crippen molar-refractivity contribution in [2.75, 3.05) is 12.4 Å². The second kappa shape index (κ2) is 7.89. The average molecular weight is 390 g/mol. The average Bonchev–Trinajstić information content (AvgIpc) is 3.40. The molecule has 0 saturated heterocycles. The maximum absolute atomic E-state index is 11.6. The van der Waals surface area contributed by atoms with Crippen molar-refractivity contribution < 1.29 is 18.4 Å². The first-order valence-electron chi connectivity index (χ1n) is 8.80. The summed E-state index contributed by atoms with van der Waals surface area (Å²) in [5, 5.41) is 3.10. The number of amides is 1. The van der Waals surface area contributed by atoms with Crippen LogP contribution in [0.15, 0.2) is 70.1 Å². The van der Waals surface area contributed by atoms with Gasteiger partial charge in [-0.1, -0.05) is 18.2 Å². The molecule has 146 valence electrons. The molecule has 0 atom stereocenters. The Balaban J connectivity index is 1.52. The van der Waals surface area contributed by atoms with Crippen molar-refractivity contribution in [2.45, 2.75) is 6.42 Å². The monoisotopic (exact) mass is 390 g/mol. The van der Waals surface area contributed by atoms with Crippen LogP contribution in [0.3, 0.4) is 0 Å². The summed E-state index contributed by atoms with van der Waals surface area (Å²) in [4.78, 5) is 19.7. The van der Waals surface area contributed by atoms with E-state index in [4.69, 9.17) is 19.3 Å². The van der Waals surface area contributed by atoms with Gasteiger partial charge in [0.15, 0.2) is 12.2 Å². The molecule has 2 heterocycles. The minimum absolute atomic E-state index is 0.325. The van der Waals surface area contributed by atoms with Crippen LogP contribution >= 0.6 is 0 Å². The lowest BCUT2D eigenvalue weighted by Crippen LogP contribution is -2.13. The van der Waals surface area contributed by atoms with Crippen molar-refractivity contribution >= 4 is 17.6 Å². The quantitative estimate of drug-likeness (QED) is 0.493. The van der Waals surface area contributed by atoms with Crippen LogP contribution in [-0.4, -0.2) is 23.0 Å². The number of anilines is 2. The summed E-state index contributed by atoms with van der Waals surface area (Å²) < 4.78 is 16.5. The third-order valence-electron chi connectivity index (χ3n) is 4.35. The van der Waals surface area contributed by atoms with Crippen molar-refractivity contribution in [1.82, 2.24) is 9.97 Å². The van der Waals surface area contributed by atoms with Gasteiger partial charge in [-0.25, -0.2) is 9.97 Å². The fraction of sp³-hybridized carbons (Fsp3) is 0.0952. The van der Waals surface area contributed by atoms with E-state index in [0.29, 0.717) is 35.3 Å². The van der Waals surface area contributed by atoms with Gasteiger partial charge in [0.1, 0.15) is 11.5 Å². The normalized spacial score (nSPS) is 10.7. The van der Waals surface area contributed by atoms with E-state index in [9.17, 15) is 4.79 Å². The van der Waals surface area contributed by atoms with Crippen molar-refractivity contribution in [3.05, 3.63) is 78.1 Å². The SMILES string of the molecule is COc1cc(Nc2ncc(Cc3ccccc3C(N)=O)o2)ccc1-c1cnco1. The van der Waals surface area contributed by atoms with Gasteiger partial charge >= 0.3 is 0 Å². The van der Waals surface area contributed by atoms with E-state index < -0.39 is 5.91 Å². The minimum atomic E-state index is -0.475. The van der Waals surface area contributed by atoms with Gasteiger partial charge in [-0.15, -0.1) is 0 Å². The molecular weight excluding hydrogens is 372 g/mol. The fourth-order valence-corrected chi connectivity index (χ4v) is 2.99. The number of nitrogens with zero attached hydrogens (tertiary/aromatic N) is 2. The molecule has 0 unspecified atom stereocenters. The molecule has 0 radical (unpaired) electrons. The number of primary amides is 1. The van der Waals surface area contributed by atoms with Crippen LogP contribution < -0.4 is 15.8 Å². The molecule has 8 heteroatoms. The van der Waals surface area contributed by atoms with E-state index in [0.717, 1.165) is 16.8 Å². The molecule has 1 amide bonds. The van der Waals surface area contributed by atoms with Crippen LogP contribution in [0.1, 0.15) is 21.7 Å². The highest BCUT2D eigenvalue weighted by Crippen LogP contribution is 2.33. The third kappa shape index (κ3) is 3.96. The van der Waals surface area contributed by atoms with Crippen LogP contribution in [0.4, 0.5) is 11.7 Å². The minimum Gasteiger partial charge on any atom is -0.496 e. The lowest BCUT2D eigenvalue weighted by Gasteiger charge is -2.09. The summed E-state index contributed by atoms with van der Waals surface area (Å²) in [6, 6.07) is 13.0. The molecule has 4 aromatic rings. The Kier molecular flexibility index (Phi) is 4.98. The Morgan fingerprint density at radius 2 is 2.07 bits per heavy atom. The van der Waals surface area contributed by atoms with E-state index in [2.05, 4.69) is 15.3 Å². The highest BCUT2D eigenvalue weighted by atomic mass is 16.5. The third-order valence-corrected chi connectivity index (χ3v) is 4.35. The lowest BCUT2D eigenvalue weighted by molar-refractivity contribution is 0.0999. The molecule has 3 N–H and O–H groups in total. The number of benzene rings is 2. The van der Waals surface area contributed by atoms with E-state index >= 15 is 0 Å². The zero-order valence-corrected chi connectivity index (χ0v) is 15.6. The van der Waals surface area contributed by atoms with Gasteiger partial charge < -0.3 is 24.6 Å². The summed E-state index contributed by atoms with van der Waals surface area (Å²) in [7, 11) is 1.58. The maximum Gasteiger partial charge on any atom is 0.299 e. The molecule has 0 aliphatic heterocycles. The van der Waals surface area contributed by atoms with Gasteiger partial charge in [0.05, 0.1) is 25.1 Å². The number of oxazole rings is 2. The first-order chi connectivity index (χ1) is 14.1. The molecule has 8 nitrogen and oxygen atoms in total. The molecule has 2 aromatic heterocycles. The van der Waals surface area contributed by atoms with Gasteiger partial charge in [-0.3, -0.25) is 4.79 Å². The first-order valence-corrected chi connectivity index (χ1v) is 8.80. The van der Waals surface area contributed by atoms with E-state index in [1.54, 1.807) is 31.6 Å². The number of hydrogen-bond acceptors (Lipinski definition) is 7. The van der Waals surface area contributed by atoms with Gasteiger partial charge in [-0.2, -0.15) is 0 Å². The highest BCUT2D eigenvalue weighted by molar-refractivity contribution is 5.94. The molecule has 0 saturated carbocycles. The number of nitrogens with two attached hydrogens (primary N) is 1. The number of carbonyl (C=O) groups excluding carboxylic acids is 1. The maximum atomic E-state index is 11.6. The van der Waals surface area contributed by atoms with Crippen LogP contribution in [0.2, 0.25) is 0 Å². The molecule has 0 aliphatic rings. The molecular formula is C21H18N4O4. The zero-order chi connectivity index (χ0) is 20.2. The number of hydrogen-bond donors (Lipinski definition) is 2. The zero-order valence-electron chi connectivity index (χ0n) is 15.6. The largest absolute Gasteiger partial charge is 0.496 e. The second-order valence-corrected chi connectivity index (χ2v) is 6.24. The molecule has 0 aliphatic carbocycles. The summed E-state index contributed by atoms with van der Waals surface area (Å²) in [6.07, 6.45) is 5.00. The first kappa shape index (κ1) is 18.3. The Morgan fingerprint density at radius 1 is 1.21 bits per heavy atom. The van der Waals surface area contributed by atoms with Gasteiger partial charge in [0.25, 0.3) is 6.01 Å². The van der Waals surface area contributed by atoms with Gasteiger partial charge in [0.2, 0.25) is 5.91 Å². The predicted molar refractivity (Wildman–Crippen MR) is 106 cm³/mol. The summed E-state index contributed by atoms with van der Waals surface area (Å²) >= 11 is 0. The van der Waals surface area contributed by atoms with Crippen LogP contribution in [0, 0.1) is 0 Å². The number of nitrogens with one attached hydrogen (secondary N) is 1. The van der Waals surface area contributed by atoms with E-state index in [1.165, 1.54) is 6.39 Å². The standard InChI is InChI=1S/C21H18N4O4/c1-27-18-9-14(6-7-17(18)19-11-23-12-28-19)25-21-24-10-15(29-21)8-13-4-2-3-5-16(13)20(22)26/h2-7,9-12H,8H2,1H3,(H2,22,26)(H,24,25). The van der Waals surface area contributed by atoms with Crippen molar-refractivity contribution in [3.8, 4) is 17.1 Å². The molecule has 0 fully saturated rings. The van der Waals surface area contributed by atoms with Gasteiger partial charge in [-0.05, 0) is 23.8 Å². The second-order valence-electron chi connectivity index (χ2n) is 6.24. The number of ether oxygens (including phenoxy) is 1. The number of aromatic nitrogens is 2. The van der Waals surface area contributed by atoms with Gasteiger partial charge in [0, 0.05) is 23.7 Å². The van der Waals surface area contributed by atoms with Crippen molar-refractivity contribution in [1.29, 1.82) is 0 Å². The van der Waals surface area contributed by atoms with Crippen LogP contribution in [-0.2, 0) is 6.42 Å². The predicted octanol–water partition coefficient (Wildman–Crippen LogP) is 3.77. The molecule has 4 rings (SSSR count). The Hall–Kier alpha value is -4.07. The summed E-state index contributed by atoms with van der Waals surface area (Å²) in [5.74, 6) is 1.36. The van der Waals surface area contributed by atoms with Crippen LogP contribution in [0.5, 0.6) is 5.75 Å².